The van der Waals surface area contributed by atoms with E-state index < -0.39 is 5.82 Å². The molecule has 0 amide bonds. The Morgan fingerprint density at radius 2 is 1.59 bits per heavy atom. The molecular formula is C20H15Cl3FNO2. The highest BCUT2D eigenvalue weighted by Crippen LogP contribution is 2.34. The first kappa shape index (κ1) is 19.6. The van der Waals surface area contributed by atoms with Gasteiger partial charge in [0.15, 0.2) is 5.75 Å². The van der Waals surface area contributed by atoms with E-state index >= 15 is 0 Å². The van der Waals surface area contributed by atoms with Gasteiger partial charge in [-0.05, 0) is 42.0 Å². The van der Waals surface area contributed by atoms with Crippen molar-refractivity contribution in [3.8, 4) is 11.5 Å². The summed E-state index contributed by atoms with van der Waals surface area (Å²) in [5, 5.41) is 13.4. The molecule has 3 aromatic carbocycles. The van der Waals surface area contributed by atoms with Gasteiger partial charge in [0.2, 0.25) is 0 Å². The van der Waals surface area contributed by atoms with Gasteiger partial charge in [-0.3, -0.25) is 0 Å². The minimum absolute atomic E-state index is 0.0492. The Morgan fingerprint density at radius 1 is 0.926 bits per heavy atom. The van der Waals surface area contributed by atoms with Gasteiger partial charge >= 0.3 is 0 Å². The Labute approximate surface area is 171 Å². The van der Waals surface area contributed by atoms with Gasteiger partial charge in [0, 0.05) is 17.8 Å². The van der Waals surface area contributed by atoms with E-state index in [9.17, 15) is 9.50 Å². The fraction of sp³-hybridized carbons (Fsp3) is 0.100. The summed E-state index contributed by atoms with van der Waals surface area (Å²) in [6.07, 6.45) is 0. The lowest BCUT2D eigenvalue weighted by molar-refractivity contribution is 0.300. The van der Waals surface area contributed by atoms with Crippen molar-refractivity contribution < 1.29 is 14.2 Å². The van der Waals surface area contributed by atoms with Gasteiger partial charge in [-0.2, -0.15) is 0 Å². The van der Waals surface area contributed by atoms with E-state index in [-0.39, 0.29) is 22.4 Å². The second-order valence-electron chi connectivity index (χ2n) is 5.77. The maximum Gasteiger partial charge on any atom is 0.152 e. The van der Waals surface area contributed by atoms with Crippen molar-refractivity contribution in [3.63, 3.8) is 0 Å². The van der Waals surface area contributed by atoms with Crippen molar-refractivity contribution in [2.75, 3.05) is 5.32 Å². The van der Waals surface area contributed by atoms with Crippen LogP contribution in [-0.4, -0.2) is 5.11 Å². The van der Waals surface area contributed by atoms with Crippen LogP contribution in [0.5, 0.6) is 11.5 Å². The molecular weight excluding hydrogens is 412 g/mol. The zero-order valence-electron chi connectivity index (χ0n) is 14.0. The number of phenols is 1. The Balaban J connectivity index is 1.59. The van der Waals surface area contributed by atoms with Crippen LogP contribution in [0.3, 0.4) is 0 Å². The van der Waals surface area contributed by atoms with Crippen molar-refractivity contribution in [3.05, 3.63) is 86.6 Å². The predicted molar refractivity (Wildman–Crippen MR) is 108 cm³/mol. The summed E-state index contributed by atoms with van der Waals surface area (Å²) in [5.41, 5.74) is 2.01. The molecule has 0 saturated carbocycles. The molecule has 0 aliphatic heterocycles. The molecule has 0 radical (unpaired) electrons. The largest absolute Gasteiger partial charge is 0.505 e. The van der Waals surface area contributed by atoms with Crippen molar-refractivity contribution in [1.82, 2.24) is 0 Å². The molecule has 2 N–H and O–H groups in total. The Kier molecular flexibility index (Phi) is 6.32. The number of hydrogen-bond acceptors (Lipinski definition) is 3. The quantitative estimate of drug-likeness (QED) is 0.432. The molecule has 0 heterocycles. The number of rotatable bonds is 6. The molecule has 0 atom stereocenters. The number of benzene rings is 3. The molecule has 0 aliphatic carbocycles. The van der Waals surface area contributed by atoms with Crippen molar-refractivity contribution in [1.29, 1.82) is 0 Å². The van der Waals surface area contributed by atoms with E-state index in [2.05, 4.69) is 5.32 Å². The lowest BCUT2D eigenvalue weighted by Gasteiger charge is -2.11. The van der Waals surface area contributed by atoms with Crippen LogP contribution in [0, 0.1) is 5.82 Å². The number of phenolic OH excluding ortho intramolecular Hbond substituents is 1. The molecule has 0 aromatic heterocycles. The minimum atomic E-state index is -0.394. The monoisotopic (exact) mass is 425 g/mol. The minimum Gasteiger partial charge on any atom is -0.505 e. The molecule has 0 saturated heterocycles. The Bertz CT molecular complexity index is 905. The van der Waals surface area contributed by atoms with Crippen LogP contribution < -0.4 is 10.1 Å². The summed E-state index contributed by atoms with van der Waals surface area (Å²) in [7, 11) is 0. The van der Waals surface area contributed by atoms with Crippen molar-refractivity contribution in [2.45, 2.75) is 13.2 Å². The zero-order chi connectivity index (χ0) is 19.4. The van der Waals surface area contributed by atoms with E-state index in [1.807, 2.05) is 12.1 Å². The SMILES string of the molecule is Oc1c(Cl)cc(NCc2ccc(OCc3c(F)cccc3Cl)cc2)cc1Cl. The highest BCUT2D eigenvalue weighted by Gasteiger charge is 2.08. The first-order valence-corrected chi connectivity index (χ1v) is 9.14. The van der Waals surface area contributed by atoms with Gasteiger partial charge in [-0.25, -0.2) is 4.39 Å². The van der Waals surface area contributed by atoms with E-state index in [1.165, 1.54) is 6.07 Å². The molecule has 0 bridgehead atoms. The molecule has 140 valence electrons. The van der Waals surface area contributed by atoms with E-state index in [4.69, 9.17) is 39.5 Å². The second-order valence-corrected chi connectivity index (χ2v) is 7.00. The number of halogens is 4. The van der Waals surface area contributed by atoms with E-state index in [1.54, 1.807) is 36.4 Å². The van der Waals surface area contributed by atoms with Crippen LogP contribution in [0.15, 0.2) is 54.6 Å². The molecule has 0 aliphatic rings. The summed E-state index contributed by atoms with van der Waals surface area (Å²) in [4.78, 5) is 0. The highest BCUT2D eigenvalue weighted by molar-refractivity contribution is 6.37. The van der Waals surface area contributed by atoms with Crippen LogP contribution >= 0.6 is 34.8 Å². The van der Waals surface area contributed by atoms with Crippen LogP contribution in [0.2, 0.25) is 15.1 Å². The highest BCUT2D eigenvalue weighted by atomic mass is 35.5. The molecule has 27 heavy (non-hydrogen) atoms. The number of anilines is 1. The van der Waals surface area contributed by atoms with Gasteiger partial charge in [0.1, 0.15) is 18.2 Å². The van der Waals surface area contributed by atoms with Crippen molar-refractivity contribution >= 4 is 40.5 Å². The molecule has 3 rings (SSSR count). The smallest absolute Gasteiger partial charge is 0.152 e. The fourth-order valence-corrected chi connectivity index (χ4v) is 3.11. The van der Waals surface area contributed by atoms with Crippen LogP contribution in [0.4, 0.5) is 10.1 Å². The summed E-state index contributed by atoms with van der Waals surface area (Å²) < 4.78 is 19.4. The van der Waals surface area contributed by atoms with Crippen molar-refractivity contribution in [2.24, 2.45) is 0 Å². The summed E-state index contributed by atoms with van der Waals surface area (Å²) in [6, 6.07) is 15.1. The Hall–Kier alpha value is -2.14. The molecule has 3 aromatic rings. The molecule has 0 fully saturated rings. The van der Waals surface area contributed by atoms with Crippen LogP contribution in [-0.2, 0) is 13.2 Å². The van der Waals surface area contributed by atoms with Gasteiger partial charge in [0.25, 0.3) is 0 Å². The lowest BCUT2D eigenvalue weighted by atomic mass is 10.2. The number of hydrogen-bond donors (Lipinski definition) is 2. The van der Waals surface area contributed by atoms with Gasteiger partial charge < -0.3 is 15.2 Å². The molecule has 3 nitrogen and oxygen atoms in total. The average Bonchev–Trinajstić information content (AvgIpc) is 2.65. The van der Waals surface area contributed by atoms with Gasteiger partial charge in [-0.15, -0.1) is 0 Å². The summed E-state index contributed by atoms with van der Waals surface area (Å²) in [6.45, 7) is 0.574. The first-order valence-electron chi connectivity index (χ1n) is 8.00. The third kappa shape index (κ3) is 4.98. The Morgan fingerprint density at radius 3 is 2.22 bits per heavy atom. The predicted octanol–water partition coefficient (Wildman–Crippen LogP) is 6.68. The number of aromatic hydroxyl groups is 1. The normalized spacial score (nSPS) is 10.7. The number of nitrogens with one attached hydrogen (secondary N) is 1. The number of ether oxygens (including phenoxy) is 1. The lowest BCUT2D eigenvalue weighted by Crippen LogP contribution is -2.01. The third-order valence-corrected chi connectivity index (χ3v) is 4.81. The van der Waals surface area contributed by atoms with E-state index in [0.717, 1.165) is 5.56 Å². The third-order valence-electron chi connectivity index (χ3n) is 3.88. The topological polar surface area (TPSA) is 41.5 Å². The molecule has 7 heteroatoms. The fourth-order valence-electron chi connectivity index (χ4n) is 2.40. The van der Waals surface area contributed by atoms with Crippen LogP contribution in [0.1, 0.15) is 11.1 Å². The zero-order valence-corrected chi connectivity index (χ0v) is 16.2. The first-order chi connectivity index (χ1) is 12.9. The summed E-state index contributed by atoms with van der Waals surface area (Å²) in [5.74, 6) is 0.0728. The molecule has 0 spiro atoms. The average molecular weight is 427 g/mol. The summed E-state index contributed by atoms with van der Waals surface area (Å²) >= 11 is 17.8. The van der Waals surface area contributed by atoms with Gasteiger partial charge in [-0.1, -0.05) is 53.0 Å². The van der Waals surface area contributed by atoms with Gasteiger partial charge in [0.05, 0.1) is 15.1 Å². The maximum atomic E-state index is 13.8. The maximum absolute atomic E-state index is 13.8. The standard InChI is InChI=1S/C20H15Cl3FNO2/c21-16-2-1-3-19(24)15(16)11-27-14-6-4-12(5-7-14)10-25-13-8-17(22)20(26)18(23)9-13/h1-9,25-26H,10-11H2. The molecule has 0 unspecified atom stereocenters. The van der Waals surface area contributed by atoms with Crippen LogP contribution in [0.25, 0.3) is 0 Å². The second kappa shape index (κ2) is 8.70. The van der Waals surface area contributed by atoms with E-state index in [0.29, 0.717) is 28.6 Å².